The fraction of sp³-hybridized carbons (Fsp3) is 0.727. The Morgan fingerprint density at radius 3 is 2.50 bits per heavy atom. The van der Waals surface area contributed by atoms with E-state index in [9.17, 15) is 4.79 Å². The van der Waals surface area contributed by atoms with E-state index in [4.69, 9.17) is 0 Å². The molecule has 12 heavy (non-hydrogen) atoms. The number of hydrogen-bond donors (Lipinski definition) is 0. The van der Waals surface area contributed by atoms with Gasteiger partial charge in [-0.15, -0.1) is 6.58 Å². The van der Waals surface area contributed by atoms with Crippen LogP contribution in [0.1, 0.15) is 51.9 Å². The Bertz CT molecular complexity index is 127. The minimum Gasteiger partial charge on any atom is -0.300 e. The van der Waals surface area contributed by atoms with Crippen molar-refractivity contribution in [1.29, 1.82) is 0 Å². The zero-order valence-electron chi connectivity index (χ0n) is 8.14. The minimum absolute atomic E-state index is 0.431. The lowest BCUT2D eigenvalue weighted by Crippen LogP contribution is -1.96. The van der Waals surface area contributed by atoms with Crippen LogP contribution in [0.25, 0.3) is 0 Å². The van der Waals surface area contributed by atoms with Crippen LogP contribution >= 0.6 is 0 Å². The molecule has 0 radical (unpaired) electrons. The molecule has 0 unspecified atom stereocenters. The molecular weight excluding hydrogens is 148 g/mol. The van der Waals surface area contributed by atoms with Crippen LogP contribution in [0.3, 0.4) is 0 Å². The molecule has 0 rings (SSSR count). The van der Waals surface area contributed by atoms with E-state index in [-0.39, 0.29) is 0 Å². The van der Waals surface area contributed by atoms with Crippen molar-refractivity contribution in [3.8, 4) is 0 Å². The van der Waals surface area contributed by atoms with Crippen LogP contribution in [0.15, 0.2) is 12.7 Å². The van der Waals surface area contributed by atoms with E-state index < -0.39 is 0 Å². The molecule has 0 aromatic carbocycles. The molecule has 70 valence electrons. The second-order valence-electron chi connectivity index (χ2n) is 3.18. The second kappa shape index (κ2) is 8.51. The predicted octanol–water partition coefficient (Wildman–Crippen LogP) is 3.49. The van der Waals surface area contributed by atoms with Crippen LogP contribution < -0.4 is 0 Å². The van der Waals surface area contributed by atoms with E-state index in [0.29, 0.717) is 5.78 Å². The molecule has 1 nitrogen and oxygen atoms in total. The molecule has 0 saturated heterocycles. The maximum absolute atomic E-state index is 11.1. The van der Waals surface area contributed by atoms with Crippen LogP contribution in [-0.2, 0) is 4.79 Å². The van der Waals surface area contributed by atoms with Crippen molar-refractivity contribution in [3.05, 3.63) is 12.7 Å². The third kappa shape index (κ3) is 7.52. The maximum atomic E-state index is 11.1. The summed E-state index contributed by atoms with van der Waals surface area (Å²) < 4.78 is 0. The van der Waals surface area contributed by atoms with Crippen molar-refractivity contribution in [3.63, 3.8) is 0 Å². The van der Waals surface area contributed by atoms with Gasteiger partial charge in [-0.05, 0) is 25.7 Å². The van der Waals surface area contributed by atoms with Crippen molar-refractivity contribution < 1.29 is 4.79 Å². The summed E-state index contributed by atoms with van der Waals surface area (Å²) in [6, 6.07) is 0. The van der Waals surface area contributed by atoms with Gasteiger partial charge < -0.3 is 0 Å². The molecule has 0 N–H and O–H groups in total. The lowest BCUT2D eigenvalue weighted by atomic mass is 10.1. The first-order chi connectivity index (χ1) is 5.81. The number of unbranched alkanes of at least 4 members (excludes halogenated alkanes) is 3. The van der Waals surface area contributed by atoms with Crippen molar-refractivity contribution >= 4 is 5.78 Å². The molecule has 0 heterocycles. The first-order valence-electron chi connectivity index (χ1n) is 4.93. The third-order valence-electron chi connectivity index (χ3n) is 1.92. The van der Waals surface area contributed by atoms with Crippen LogP contribution in [-0.4, -0.2) is 5.78 Å². The Kier molecular flexibility index (Phi) is 8.09. The molecule has 0 amide bonds. The monoisotopic (exact) mass is 168 g/mol. The number of hydrogen-bond acceptors (Lipinski definition) is 1. The summed E-state index contributed by atoms with van der Waals surface area (Å²) in [5.74, 6) is 0.431. The lowest BCUT2D eigenvalue weighted by Gasteiger charge is -1.98. The smallest absolute Gasteiger partial charge is 0.132 e. The predicted molar refractivity (Wildman–Crippen MR) is 53.2 cm³/mol. The Hall–Kier alpha value is -0.590. The third-order valence-corrected chi connectivity index (χ3v) is 1.92. The highest BCUT2D eigenvalue weighted by atomic mass is 16.1. The topological polar surface area (TPSA) is 17.1 Å². The minimum atomic E-state index is 0.431. The number of ketones is 1. The van der Waals surface area contributed by atoms with Gasteiger partial charge in [0.15, 0.2) is 0 Å². The normalized spacial score (nSPS) is 9.75. The molecule has 0 spiro atoms. The van der Waals surface area contributed by atoms with Crippen LogP contribution in [0.4, 0.5) is 0 Å². The molecule has 0 aromatic rings. The van der Waals surface area contributed by atoms with Crippen LogP contribution in [0.5, 0.6) is 0 Å². The highest BCUT2D eigenvalue weighted by Crippen LogP contribution is 2.05. The fourth-order valence-corrected chi connectivity index (χ4v) is 1.11. The molecular formula is C11H20O. The summed E-state index contributed by atoms with van der Waals surface area (Å²) in [6.07, 6.45) is 8.84. The van der Waals surface area contributed by atoms with Gasteiger partial charge in [0.05, 0.1) is 0 Å². The summed E-state index contributed by atoms with van der Waals surface area (Å²) in [4.78, 5) is 11.1. The summed E-state index contributed by atoms with van der Waals surface area (Å²) in [6.45, 7) is 5.76. The van der Waals surface area contributed by atoms with Crippen molar-refractivity contribution in [2.45, 2.75) is 51.9 Å². The van der Waals surface area contributed by atoms with Gasteiger partial charge in [-0.3, -0.25) is 4.79 Å². The standard InChI is InChI=1S/C11H20O/c1-3-5-7-8-10-11(12)9-6-4-2/h3H,1,4-10H2,2H3. The molecule has 0 aliphatic heterocycles. The molecule has 0 aromatic heterocycles. The van der Waals surface area contributed by atoms with Gasteiger partial charge in [-0.25, -0.2) is 0 Å². The van der Waals surface area contributed by atoms with Gasteiger partial charge in [0.2, 0.25) is 0 Å². The molecule has 0 aliphatic rings. The number of carbonyl (C=O) groups excluding carboxylic acids is 1. The fourth-order valence-electron chi connectivity index (χ4n) is 1.11. The summed E-state index contributed by atoms with van der Waals surface area (Å²) in [7, 11) is 0. The first-order valence-corrected chi connectivity index (χ1v) is 4.93. The quantitative estimate of drug-likeness (QED) is 0.400. The molecule has 0 aliphatic carbocycles. The van der Waals surface area contributed by atoms with Gasteiger partial charge in [0.1, 0.15) is 5.78 Å². The first kappa shape index (κ1) is 11.4. The van der Waals surface area contributed by atoms with Crippen LogP contribution in [0, 0.1) is 0 Å². The highest BCUT2D eigenvalue weighted by molar-refractivity contribution is 5.78. The maximum Gasteiger partial charge on any atom is 0.132 e. The Morgan fingerprint density at radius 1 is 1.25 bits per heavy atom. The van der Waals surface area contributed by atoms with Crippen LogP contribution in [0.2, 0.25) is 0 Å². The van der Waals surface area contributed by atoms with E-state index in [0.717, 1.165) is 44.9 Å². The SMILES string of the molecule is C=CCCCCC(=O)CCCC. The second-order valence-corrected chi connectivity index (χ2v) is 3.18. The van der Waals surface area contributed by atoms with E-state index in [1.807, 2.05) is 6.08 Å². The highest BCUT2D eigenvalue weighted by Gasteiger charge is 1.99. The van der Waals surface area contributed by atoms with Gasteiger partial charge in [0.25, 0.3) is 0 Å². The van der Waals surface area contributed by atoms with Gasteiger partial charge >= 0.3 is 0 Å². The Morgan fingerprint density at radius 2 is 1.92 bits per heavy atom. The molecule has 0 bridgehead atoms. The summed E-state index contributed by atoms with van der Waals surface area (Å²) >= 11 is 0. The summed E-state index contributed by atoms with van der Waals surface area (Å²) in [5, 5.41) is 0. The number of allylic oxidation sites excluding steroid dienone is 1. The number of carbonyl (C=O) groups is 1. The van der Waals surface area contributed by atoms with E-state index in [1.54, 1.807) is 0 Å². The van der Waals surface area contributed by atoms with E-state index >= 15 is 0 Å². The van der Waals surface area contributed by atoms with Crippen molar-refractivity contribution in [2.24, 2.45) is 0 Å². The van der Waals surface area contributed by atoms with Gasteiger partial charge in [0, 0.05) is 12.8 Å². The number of Topliss-reactive ketones (excluding diaryl/α,β-unsaturated/α-hetero) is 1. The molecule has 1 heteroatoms. The van der Waals surface area contributed by atoms with Crippen molar-refractivity contribution in [2.75, 3.05) is 0 Å². The zero-order valence-corrected chi connectivity index (χ0v) is 8.14. The zero-order chi connectivity index (χ0) is 9.23. The van der Waals surface area contributed by atoms with E-state index in [2.05, 4.69) is 13.5 Å². The molecule has 0 atom stereocenters. The van der Waals surface area contributed by atoms with Gasteiger partial charge in [-0.2, -0.15) is 0 Å². The average Bonchev–Trinajstić information content (AvgIpc) is 2.09. The van der Waals surface area contributed by atoms with Gasteiger partial charge in [-0.1, -0.05) is 19.4 Å². The Balaban J connectivity index is 3.13. The number of rotatable bonds is 8. The van der Waals surface area contributed by atoms with E-state index in [1.165, 1.54) is 0 Å². The van der Waals surface area contributed by atoms with Crippen molar-refractivity contribution in [1.82, 2.24) is 0 Å². The average molecular weight is 168 g/mol. The molecule has 0 fully saturated rings. The largest absolute Gasteiger partial charge is 0.300 e. The molecule has 0 saturated carbocycles. The summed E-state index contributed by atoms with van der Waals surface area (Å²) in [5.41, 5.74) is 0. The lowest BCUT2D eigenvalue weighted by molar-refractivity contribution is -0.119. The Labute approximate surface area is 75.9 Å².